The van der Waals surface area contributed by atoms with E-state index in [4.69, 9.17) is 0 Å². The molecule has 1 atom stereocenters. The number of fused-ring (bicyclic) bond motifs is 1. The Labute approximate surface area is 157 Å². The third-order valence-corrected chi connectivity index (χ3v) is 5.32. The molecule has 27 heavy (non-hydrogen) atoms. The van der Waals surface area contributed by atoms with Crippen molar-refractivity contribution in [1.29, 1.82) is 0 Å². The average Bonchev–Trinajstić information content (AvgIpc) is 3.30. The number of piperazine rings is 1. The second kappa shape index (κ2) is 7.22. The number of hydrogen-bond acceptors (Lipinski definition) is 5. The number of amides is 2. The summed E-state index contributed by atoms with van der Waals surface area (Å²) in [4.78, 5) is 16.8. The molecule has 1 aromatic carbocycles. The van der Waals surface area contributed by atoms with Crippen LogP contribution >= 0.6 is 0 Å². The summed E-state index contributed by atoms with van der Waals surface area (Å²) in [6, 6.07) is 4.90. The van der Waals surface area contributed by atoms with Crippen molar-refractivity contribution in [3.63, 3.8) is 0 Å². The molecule has 9 heteroatoms. The Morgan fingerprint density at radius 3 is 2.93 bits per heavy atom. The highest BCUT2D eigenvalue weighted by Gasteiger charge is 2.32. The first-order chi connectivity index (χ1) is 13.0. The van der Waals surface area contributed by atoms with E-state index >= 15 is 0 Å². The number of nitrogens with one attached hydrogen (secondary N) is 1. The number of carbonyl (C=O) groups excluding carboxylic acids is 1. The quantitative estimate of drug-likeness (QED) is 0.894. The second-order valence-electron chi connectivity index (χ2n) is 7.44. The van der Waals surface area contributed by atoms with Gasteiger partial charge in [0.25, 0.3) is 0 Å². The van der Waals surface area contributed by atoms with Gasteiger partial charge >= 0.3 is 6.03 Å². The lowest BCUT2D eigenvalue weighted by molar-refractivity contribution is 0.124. The summed E-state index contributed by atoms with van der Waals surface area (Å²) in [5.74, 6) is -0.0946. The van der Waals surface area contributed by atoms with Gasteiger partial charge < -0.3 is 10.2 Å². The van der Waals surface area contributed by atoms with Crippen molar-refractivity contribution >= 4 is 11.7 Å². The summed E-state index contributed by atoms with van der Waals surface area (Å²) in [6.07, 6.45) is 2.33. The van der Waals surface area contributed by atoms with Gasteiger partial charge in [-0.15, -0.1) is 5.10 Å². The molecule has 2 aromatic rings. The lowest BCUT2D eigenvalue weighted by atomic mass is 10.1. The molecule has 2 aliphatic heterocycles. The fourth-order valence-corrected chi connectivity index (χ4v) is 3.87. The Balaban J connectivity index is 1.46. The van der Waals surface area contributed by atoms with Crippen LogP contribution in [0, 0.1) is 5.82 Å². The maximum atomic E-state index is 14.6. The smallest absolute Gasteiger partial charge is 0.321 e. The summed E-state index contributed by atoms with van der Waals surface area (Å²) >= 11 is 0. The molecule has 8 nitrogen and oxygen atoms in total. The van der Waals surface area contributed by atoms with Crippen molar-refractivity contribution in [1.82, 2.24) is 30.0 Å². The molecule has 2 amide bonds. The number of carbonyl (C=O) groups is 1. The minimum absolute atomic E-state index is 0.0167. The molecular formula is C18H24FN7O. The number of halogens is 1. The zero-order chi connectivity index (χ0) is 19.0. The Morgan fingerprint density at radius 2 is 2.15 bits per heavy atom. The maximum Gasteiger partial charge on any atom is 0.321 e. The molecule has 3 heterocycles. The molecule has 0 bridgehead atoms. The fraction of sp³-hybridized carbons (Fsp3) is 0.556. The Kier molecular flexibility index (Phi) is 4.77. The monoisotopic (exact) mass is 373 g/mol. The summed E-state index contributed by atoms with van der Waals surface area (Å²) in [6.45, 7) is 7.32. The normalized spacial score (nSPS) is 20.1. The second-order valence-corrected chi connectivity index (χ2v) is 7.44. The molecule has 0 radical (unpaired) electrons. The lowest BCUT2D eigenvalue weighted by Gasteiger charge is -2.37. The minimum Gasteiger partial charge on any atom is -0.322 e. The molecule has 2 saturated heterocycles. The third kappa shape index (κ3) is 3.51. The van der Waals surface area contributed by atoms with Crippen LogP contribution in [-0.4, -0.2) is 68.3 Å². The zero-order valence-electron chi connectivity index (χ0n) is 15.6. The van der Waals surface area contributed by atoms with Crippen LogP contribution in [0.2, 0.25) is 0 Å². The van der Waals surface area contributed by atoms with Gasteiger partial charge in [-0.3, -0.25) is 4.90 Å². The molecule has 0 spiro atoms. The first-order valence-corrected chi connectivity index (χ1v) is 9.40. The van der Waals surface area contributed by atoms with Crippen LogP contribution in [0.5, 0.6) is 0 Å². The van der Waals surface area contributed by atoms with Gasteiger partial charge in [0, 0.05) is 31.4 Å². The predicted octanol–water partition coefficient (Wildman–Crippen LogP) is 2.37. The van der Waals surface area contributed by atoms with E-state index in [0.29, 0.717) is 29.7 Å². The molecule has 144 valence electrons. The van der Waals surface area contributed by atoms with Gasteiger partial charge in [-0.2, -0.15) is 0 Å². The maximum absolute atomic E-state index is 14.6. The van der Waals surface area contributed by atoms with Crippen LogP contribution in [0.15, 0.2) is 18.2 Å². The van der Waals surface area contributed by atoms with E-state index in [9.17, 15) is 9.18 Å². The van der Waals surface area contributed by atoms with E-state index < -0.39 is 5.82 Å². The van der Waals surface area contributed by atoms with Crippen LogP contribution in [-0.2, 0) is 0 Å². The first kappa shape index (κ1) is 17.8. The number of urea groups is 1. The van der Waals surface area contributed by atoms with Crippen LogP contribution < -0.4 is 5.32 Å². The highest BCUT2D eigenvalue weighted by Crippen LogP contribution is 2.26. The molecule has 0 saturated carbocycles. The zero-order valence-corrected chi connectivity index (χ0v) is 15.6. The molecule has 0 aliphatic carbocycles. The predicted molar refractivity (Wildman–Crippen MR) is 98.8 cm³/mol. The summed E-state index contributed by atoms with van der Waals surface area (Å²) in [5, 5.41) is 14.3. The summed E-state index contributed by atoms with van der Waals surface area (Å²) in [5.41, 5.74) is 0.741. The number of tetrazole rings is 1. The highest BCUT2D eigenvalue weighted by molar-refractivity contribution is 5.89. The van der Waals surface area contributed by atoms with Gasteiger partial charge in [-0.25, -0.2) is 13.9 Å². The van der Waals surface area contributed by atoms with Crippen LogP contribution in [0.1, 0.15) is 32.7 Å². The lowest BCUT2D eigenvalue weighted by Crippen LogP contribution is -2.53. The van der Waals surface area contributed by atoms with E-state index in [-0.39, 0.29) is 12.1 Å². The molecule has 1 N–H and O–H groups in total. The van der Waals surface area contributed by atoms with E-state index in [0.717, 1.165) is 26.1 Å². The van der Waals surface area contributed by atoms with Gasteiger partial charge in [0.15, 0.2) is 5.82 Å². The molecule has 1 aromatic heterocycles. The third-order valence-electron chi connectivity index (χ3n) is 5.32. The fourth-order valence-electron chi connectivity index (χ4n) is 3.87. The van der Waals surface area contributed by atoms with Crippen molar-refractivity contribution in [3.8, 4) is 11.4 Å². The first-order valence-electron chi connectivity index (χ1n) is 9.40. The largest absolute Gasteiger partial charge is 0.322 e. The molecule has 1 unspecified atom stereocenters. The molecule has 4 rings (SSSR count). The topological polar surface area (TPSA) is 79.2 Å². The van der Waals surface area contributed by atoms with Crippen molar-refractivity contribution in [2.75, 3.05) is 31.5 Å². The van der Waals surface area contributed by atoms with Gasteiger partial charge in [0.1, 0.15) is 5.82 Å². The van der Waals surface area contributed by atoms with E-state index in [1.807, 2.05) is 18.7 Å². The van der Waals surface area contributed by atoms with Gasteiger partial charge in [-0.05, 0) is 61.9 Å². The number of aromatic nitrogens is 4. The number of nitrogens with zero attached hydrogens (tertiary/aromatic N) is 6. The minimum atomic E-state index is -0.467. The molecule has 2 aliphatic rings. The Morgan fingerprint density at radius 1 is 1.30 bits per heavy atom. The SMILES string of the molecule is CC(C)n1nnnc1-c1ccc(NC(=O)N2CCN3CCCC3C2)cc1F. The number of anilines is 1. The number of rotatable bonds is 3. The molecule has 2 fully saturated rings. The van der Waals surface area contributed by atoms with Crippen LogP contribution in [0.4, 0.5) is 14.9 Å². The highest BCUT2D eigenvalue weighted by atomic mass is 19.1. The van der Waals surface area contributed by atoms with Gasteiger partial charge in [0.05, 0.1) is 11.6 Å². The molecular weight excluding hydrogens is 349 g/mol. The number of benzene rings is 1. The summed E-state index contributed by atoms with van der Waals surface area (Å²) in [7, 11) is 0. The van der Waals surface area contributed by atoms with E-state index in [1.165, 1.54) is 12.5 Å². The van der Waals surface area contributed by atoms with Crippen LogP contribution in [0.25, 0.3) is 11.4 Å². The standard InChI is InChI=1S/C18H24FN7O/c1-12(2)26-17(21-22-23-26)15-6-5-13(10-16(15)19)20-18(27)25-9-8-24-7-3-4-14(24)11-25/h5-6,10,12,14H,3-4,7-9,11H2,1-2H3,(H,20,27). The van der Waals surface area contributed by atoms with E-state index in [2.05, 4.69) is 25.7 Å². The summed E-state index contributed by atoms with van der Waals surface area (Å²) < 4.78 is 16.2. The Bertz CT molecular complexity index is 837. The van der Waals surface area contributed by atoms with Crippen molar-refractivity contribution < 1.29 is 9.18 Å². The van der Waals surface area contributed by atoms with Gasteiger partial charge in [0.2, 0.25) is 0 Å². The van der Waals surface area contributed by atoms with E-state index in [1.54, 1.807) is 16.8 Å². The number of hydrogen-bond donors (Lipinski definition) is 1. The van der Waals surface area contributed by atoms with Crippen molar-refractivity contribution in [3.05, 3.63) is 24.0 Å². The Hall–Kier alpha value is -2.55. The van der Waals surface area contributed by atoms with Gasteiger partial charge in [-0.1, -0.05) is 0 Å². The van der Waals surface area contributed by atoms with Crippen LogP contribution in [0.3, 0.4) is 0 Å². The average molecular weight is 373 g/mol. The van der Waals surface area contributed by atoms with Crippen molar-refractivity contribution in [2.45, 2.75) is 38.8 Å². The van der Waals surface area contributed by atoms with Crippen molar-refractivity contribution in [2.24, 2.45) is 0 Å².